The molecule has 0 aliphatic heterocycles. The second-order valence-corrected chi connectivity index (χ2v) is 4.17. The Kier molecular flexibility index (Phi) is 1.84. The van der Waals surface area contributed by atoms with Gasteiger partial charge in [-0.2, -0.15) is 0 Å². The van der Waals surface area contributed by atoms with Crippen LogP contribution in [0, 0.1) is 0 Å². The molecule has 0 saturated carbocycles. The summed E-state index contributed by atoms with van der Waals surface area (Å²) in [6.07, 6.45) is 3.98. The minimum Gasteiger partial charge on any atom is -0.320 e. The van der Waals surface area contributed by atoms with E-state index < -0.39 is 0 Å². The molecular formula is C12H13N3. The van der Waals surface area contributed by atoms with Gasteiger partial charge in [0.15, 0.2) is 0 Å². The van der Waals surface area contributed by atoms with Gasteiger partial charge in [-0.3, -0.25) is 0 Å². The van der Waals surface area contributed by atoms with Crippen LogP contribution in [-0.2, 0) is 19.9 Å². The Labute approximate surface area is 88.8 Å². The zero-order valence-corrected chi connectivity index (χ0v) is 8.72. The van der Waals surface area contributed by atoms with Crippen LogP contribution in [-0.4, -0.2) is 14.8 Å². The highest BCUT2D eigenvalue weighted by atomic mass is 15.2. The van der Waals surface area contributed by atoms with E-state index in [0.717, 1.165) is 18.7 Å². The lowest BCUT2D eigenvalue weighted by Crippen LogP contribution is -2.05. The lowest BCUT2D eigenvalue weighted by molar-refractivity contribution is 0.641. The van der Waals surface area contributed by atoms with Crippen LogP contribution < -0.4 is 0 Å². The zero-order valence-electron chi connectivity index (χ0n) is 8.72. The molecule has 0 spiro atoms. The normalized spacial score (nSPS) is 15.5. The van der Waals surface area contributed by atoms with Crippen LogP contribution in [0.1, 0.15) is 22.9 Å². The average molecular weight is 199 g/mol. The van der Waals surface area contributed by atoms with Crippen LogP contribution in [0.4, 0.5) is 0 Å². The van der Waals surface area contributed by atoms with Gasteiger partial charge in [-0.1, -0.05) is 24.3 Å². The topological polar surface area (TPSA) is 30.7 Å². The number of fused-ring (bicyclic) bond motifs is 1. The van der Waals surface area contributed by atoms with Gasteiger partial charge in [-0.15, -0.1) is 10.2 Å². The van der Waals surface area contributed by atoms with Crippen molar-refractivity contribution < 1.29 is 0 Å². The summed E-state index contributed by atoms with van der Waals surface area (Å²) in [5.41, 5.74) is 2.93. The van der Waals surface area contributed by atoms with Crippen LogP contribution in [0.25, 0.3) is 0 Å². The fourth-order valence-corrected chi connectivity index (χ4v) is 2.40. The van der Waals surface area contributed by atoms with Gasteiger partial charge < -0.3 is 4.57 Å². The summed E-state index contributed by atoms with van der Waals surface area (Å²) in [6, 6.07) is 8.65. The summed E-state index contributed by atoms with van der Waals surface area (Å²) in [6.45, 7) is 0. The monoisotopic (exact) mass is 199 g/mol. The maximum Gasteiger partial charge on any atom is 0.136 e. The van der Waals surface area contributed by atoms with Gasteiger partial charge in [0.1, 0.15) is 12.2 Å². The van der Waals surface area contributed by atoms with Crippen LogP contribution in [0.5, 0.6) is 0 Å². The molecule has 2 aromatic rings. The summed E-state index contributed by atoms with van der Waals surface area (Å²) in [4.78, 5) is 0. The quantitative estimate of drug-likeness (QED) is 0.699. The molecule has 1 aliphatic carbocycles. The van der Waals surface area contributed by atoms with E-state index in [1.54, 1.807) is 6.33 Å². The van der Waals surface area contributed by atoms with Crippen LogP contribution >= 0.6 is 0 Å². The summed E-state index contributed by atoms with van der Waals surface area (Å²) >= 11 is 0. The number of nitrogens with zero attached hydrogens (tertiary/aromatic N) is 3. The second kappa shape index (κ2) is 3.19. The molecule has 0 bridgehead atoms. The smallest absolute Gasteiger partial charge is 0.136 e. The molecule has 0 N–H and O–H groups in total. The van der Waals surface area contributed by atoms with Crippen molar-refractivity contribution in [3.63, 3.8) is 0 Å². The molecule has 15 heavy (non-hydrogen) atoms. The first-order chi connectivity index (χ1) is 7.34. The van der Waals surface area contributed by atoms with Crippen LogP contribution in [0.3, 0.4) is 0 Å². The highest BCUT2D eigenvalue weighted by Crippen LogP contribution is 2.32. The van der Waals surface area contributed by atoms with E-state index in [1.165, 1.54) is 11.1 Å². The lowest BCUT2D eigenvalue weighted by Gasteiger charge is -2.06. The van der Waals surface area contributed by atoms with E-state index in [9.17, 15) is 0 Å². The first-order valence-corrected chi connectivity index (χ1v) is 5.25. The Balaban J connectivity index is 1.94. The van der Waals surface area contributed by atoms with Gasteiger partial charge in [0.05, 0.1) is 0 Å². The minimum atomic E-state index is 0.509. The molecule has 3 heteroatoms. The van der Waals surface area contributed by atoms with Gasteiger partial charge in [-0.25, -0.2) is 0 Å². The molecule has 0 fully saturated rings. The molecule has 1 heterocycles. The van der Waals surface area contributed by atoms with E-state index >= 15 is 0 Å². The number of rotatable bonds is 1. The molecule has 3 rings (SSSR count). The Bertz CT molecular complexity index is 462. The molecule has 0 unspecified atom stereocenters. The summed E-state index contributed by atoms with van der Waals surface area (Å²) in [5, 5.41) is 8.14. The van der Waals surface area contributed by atoms with Crippen molar-refractivity contribution in [2.45, 2.75) is 18.8 Å². The fraction of sp³-hybridized carbons (Fsp3) is 0.333. The predicted molar refractivity (Wildman–Crippen MR) is 57.6 cm³/mol. The SMILES string of the molecule is Cn1cnnc1C1Cc2ccccc2C1. The zero-order chi connectivity index (χ0) is 10.3. The average Bonchev–Trinajstić information content (AvgIpc) is 2.82. The van der Waals surface area contributed by atoms with Gasteiger partial charge in [-0.05, 0) is 24.0 Å². The van der Waals surface area contributed by atoms with Gasteiger partial charge in [0.2, 0.25) is 0 Å². The van der Waals surface area contributed by atoms with Crippen molar-refractivity contribution in [3.05, 3.63) is 47.5 Å². The van der Waals surface area contributed by atoms with Gasteiger partial charge in [0, 0.05) is 13.0 Å². The Morgan fingerprint density at radius 1 is 1.20 bits per heavy atom. The van der Waals surface area contributed by atoms with E-state index in [0.29, 0.717) is 5.92 Å². The highest BCUT2D eigenvalue weighted by Gasteiger charge is 2.25. The second-order valence-electron chi connectivity index (χ2n) is 4.17. The Morgan fingerprint density at radius 2 is 1.87 bits per heavy atom. The lowest BCUT2D eigenvalue weighted by atomic mass is 10.1. The molecule has 1 aromatic carbocycles. The standard InChI is InChI=1S/C12H13N3/c1-15-8-13-14-12(15)11-6-9-4-2-3-5-10(9)7-11/h2-5,8,11H,6-7H2,1H3. The summed E-state index contributed by atoms with van der Waals surface area (Å²) in [7, 11) is 2.01. The first kappa shape index (κ1) is 8.65. The Morgan fingerprint density at radius 3 is 2.40 bits per heavy atom. The van der Waals surface area contributed by atoms with Crippen molar-refractivity contribution in [1.82, 2.24) is 14.8 Å². The molecular weight excluding hydrogens is 186 g/mol. The van der Waals surface area contributed by atoms with Crippen molar-refractivity contribution in [2.24, 2.45) is 7.05 Å². The van der Waals surface area contributed by atoms with E-state index in [1.807, 2.05) is 11.6 Å². The Hall–Kier alpha value is -1.64. The van der Waals surface area contributed by atoms with E-state index in [4.69, 9.17) is 0 Å². The third-order valence-corrected chi connectivity index (χ3v) is 3.16. The van der Waals surface area contributed by atoms with Crippen molar-refractivity contribution in [3.8, 4) is 0 Å². The number of aromatic nitrogens is 3. The van der Waals surface area contributed by atoms with Gasteiger partial charge in [0.25, 0.3) is 0 Å². The maximum absolute atomic E-state index is 4.19. The molecule has 1 aliphatic rings. The largest absolute Gasteiger partial charge is 0.320 e. The number of hydrogen-bond donors (Lipinski definition) is 0. The highest BCUT2D eigenvalue weighted by molar-refractivity contribution is 5.34. The predicted octanol–water partition coefficient (Wildman–Crippen LogP) is 1.70. The van der Waals surface area contributed by atoms with Crippen molar-refractivity contribution >= 4 is 0 Å². The maximum atomic E-state index is 4.19. The molecule has 0 amide bonds. The molecule has 0 radical (unpaired) electrons. The van der Waals surface area contributed by atoms with E-state index in [-0.39, 0.29) is 0 Å². The molecule has 0 atom stereocenters. The molecule has 1 aromatic heterocycles. The van der Waals surface area contributed by atoms with Crippen LogP contribution in [0.2, 0.25) is 0 Å². The summed E-state index contributed by atoms with van der Waals surface area (Å²) < 4.78 is 2.02. The van der Waals surface area contributed by atoms with Crippen molar-refractivity contribution in [1.29, 1.82) is 0 Å². The molecule has 76 valence electrons. The third-order valence-electron chi connectivity index (χ3n) is 3.16. The first-order valence-electron chi connectivity index (χ1n) is 5.25. The minimum absolute atomic E-state index is 0.509. The summed E-state index contributed by atoms with van der Waals surface area (Å²) in [5.74, 6) is 1.61. The van der Waals surface area contributed by atoms with Crippen LogP contribution in [0.15, 0.2) is 30.6 Å². The number of hydrogen-bond acceptors (Lipinski definition) is 2. The fourth-order valence-electron chi connectivity index (χ4n) is 2.40. The molecule has 3 nitrogen and oxygen atoms in total. The third kappa shape index (κ3) is 1.35. The molecule has 0 saturated heterocycles. The number of aryl methyl sites for hydroxylation is 1. The van der Waals surface area contributed by atoms with Gasteiger partial charge >= 0.3 is 0 Å². The number of benzene rings is 1. The van der Waals surface area contributed by atoms with Crippen molar-refractivity contribution in [2.75, 3.05) is 0 Å². The van der Waals surface area contributed by atoms with E-state index in [2.05, 4.69) is 34.5 Å².